The Morgan fingerprint density at radius 1 is 0.933 bits per heavy atom. The second kappa shape index (κ2) is 17.1. The number of nitrogens with one attached hydrogen (secondary N) is 1. The molecule has 1 aliphatic heterocycles. The monoisotopic (exact) mass is 650 g/mol. The predicted molar refractivity (Wildman–Crippen MR) is 169 cm³/mol. The van der Waals surface area contributed by atoms with Crippen molar-refractivity contribution < 1.29 is 46.8 Å². The third-order valence-corrected chi connectivity index (χ3v) is 8.28. The van der Waals surface area contributed by atoms with Crippen LogP contribution >= 0.6 is 0 Å². The van der Waals surface area contributed by atoms with Crippen molar-refractivity contribution in [3.63, 3.8) is 0 Å². The molecular formula is C32H46N2O10S. The maximum atomic E-state index is 12.9. The summed E-state index contributed by atoms with van der Waals surface area (Å²) in [5.41, 5.74) is 1.50. The Morgan fingerprint density at radius 3 is 2.11 bits per heavy atom. The molecule has 1 aliphatic rings. The molecule has 45 heavy (non-hydrogen) atoms. The summed E-state index contributed by atoms with van der Waals surface area (Å²) < 4.78 is 60.7. The number of hydrogen-bond acceptors (Lipinski definition) is 10. The van der Waals surface area contributed by atoms with Gasteiger partial charge in [0.15, 0.2) is 32.8 Å². The van der Waals surface area contributed by atoms with Crippen LogP contribution in [0.2, 0.25) is 0 Å². The van der Waals surface area contributed by atoms with E-state index in [4.69, 9.17) is 28.4 Å². The molecule has 1 heterocycles. The lowest BCUT2D eigenvalue weighted by Crippen LogP contribution is -2.38. The van der Waals surface area contributed by atoms with E-state index in [9.17, 15) is 18.4 Å². The van der Waals surface area contributed by atoms with Crippen molar-refractivity contribution in [2.75, 3.05) is 53.9 Å². The second-order valence-electron chi connectivity index (χ2n) is 10.6. The molecule has 2 N–H and O–H groups in total. The third-order valence-electron chi connectivity index (χ3n) is 7.17. The summed E-state index contributed by atoms with van der Waals surface area (Å²) in [4.78, 5) is 12.0. The fourth-order valence-corrected chi connectivity index (χ4v) is 5.71. The Labute approximate surface area is 266 Å². The Hall–Kier alpha value is -3.68. The summed E-state index contributed by atoms with van der Waals surface area (Å²) in [7, 11) is 0.956. The zero-order chi connectivity index (χ0) is 33.0. The maximum Gasteiger partial charge on any atom is 0.341 e. The Morgan fingerprint density at radius 2 is 1.56 bits per heavy atom. The fraction of sp³-hybridized carbons (Fsp3) is 0.531. The first-order valence-corrected chi connectivity index (χ1v) is 16.9. The highest BCUT2D eigenvalue weighted by atomic mass is 32.2. The van der Waals surface area contributed by atoms with Gasteiger partial charge in [0.05, 0.1) is 46.7 Å². The minimum atomic E-state index is -3.69. The van der Waals surface area contributed by atoms with E-state index in [0.29, 0.717) is 60.2 Å². The first-order valence-electron chi connectivity index (χ1n) is 15.1. The van der Waals surface area contributed by atoms with Gasteiger partial charge in [-0.05, 0) is 67.2 Å². The zero-order valence-corrected chi connectivity index (χ0v) is 27.8. The number of benzene rings is 2. The van der Waals surface area contributed by atoms with E-state index in [-0.39, 0.29) is 42.2 Å². The third kappa shape index (κ3) is 9.65. The van der Waals surface area contributed by atoms with Crippen molar-refractivity contribution in [3.8, 4) is 28.7 Å². The number of carbonyl (C=O) groups excluding carboxylic acids is 1. The van der Waals surface area contributed by atoms with E-state index in [1.165, 1.54) is 0 Å². The van der Waals surface area contributed by atoms with Crippen molar-refractivity contribution in [2.24, 2.45) is 0 Å². The van der Waals surface area contributed by atoms with E-state index in [0.717, 1.165) is 18.2 Å². The molecule has 2 atom stereocenters. The molecule has 0 bridgehead atoms. The number of ether oxygens (including phenoxy) is 6. The van der Waals surface area contributed by atoms with Gasteiger partial charge in [-0.1, -0.05) is 26.3 Å². The van der Waals surface area contributed by atoms with Crippen LogP contribution in [0, 0.1) is 0 Å². The van der Waals surface area contributed by atoms with Crippen LogP contribution in [0.5, 0.6) is 28.7 Å². The molecule has 0 saturated carbocycles. The largest absolute Gasteiger partial charge is 0.493 e. The molecule has 2 aromatic rings. The summed E-state index contributed by atoms with van der Waals surface area (Å²) in [5.74, 6) is 1.94. The van der Waals surface area contributed by atoms with Crippen molar-refractivity contribution in [1.29, 1.82) is 0 Å². The smallest absolute Gasteiger partial charge is 0.341 e. The normalized spacial score (nSPS) is 16.4. The quantitative estimate of drug-likeness (QED) is 0.126. The van der Waals surface area contributed by atoms with Gasteiger partial charge in [0, 0.05) is 12.8 Å². The number of carbonyl (C=O) groups is 1. The Kier molecular flexibility index (Phi) is 13.6. The number of hydroxylamine groups is 2. The molecule has 0 spiro atoms. The van der Waals surface area contributed by atoms with Crippen LogP contribution in [0.1, 0.15) is 69.3 Å². The highest BCUT2D eigenvalue weighted by Crippen LogP contribution is 2.48. The van der Waals surface area contributed by atoms with Gasteiger partial charge in [-0.3, -0.25) is 5.21 Å². The lowest BCUT2D eigenvalue weighted by atomic mass is 10.0. The number of rotatable bonds is 17. The first kappa shape index (κ1) is 35.8. The number of urea groups is 1. The average Bonchev–Trinajstić information content (AvgIpc) is 3.53. The molecule has 250 valence electrons. The zero-order valence-electron chi connectivity index (χ0n) is 27.0. The summed E-state index contributed by atoms with van der Waals surface area (Å²) in [5, 5.41) is 13.0. The van der Waals surface area contributed by atoms with Gasteiger partial charge >= 0.3 is 6.03 Å². The highest BCUT2D eigenvalue weighted by molar-refractivity contribution is 7.90. The second-order valence-corrected chi connectivity index (χ2v) is 12.5. The van der Waals surface area contributed by atoms with Crippen LogP contribution in [0.4, 0.5) is 4.79 Å². The summed E-state index contributed by atoms with van der Waals surface area (Å²) in [6.07, 6.45) is 7.36. The van der Waals surface area contributed by atoms with Crippen molar-refractivity contribution >= 4 is 15.9 Å². The number of hydrogen-bond donors (Lipinski definition) is 2. The topological polar surface area (TPSA) is 142 Å². The molecule has 0 radical (unpaired) electrons. The van der Waals surface area contributed by atoms with Gasteiger partial charge in [0.25, 0.3) is 0 Å². The van der Waals surface area contributed by atoms with Crippen molar-refractivity contribution in [3.05, 3.63) is 47.5 Å². The molecule has 2 aromatic carbocycles. The molecule has 3 rings (SSSR count). The molecule has 0 aliphatic carbocycles. The van der Waals surface area contributed by atoms with E-state index >= 15 is 0 Å². The average molecular weight is 651 g/mol. The number of amides is 2. The lowest BCUT2D eigenvalue weighted by Gasteiger charge is -2.20. The molecule has 13 heteroatoms. The summed E-state index contributed by atoms with van der Waals surface area (Å²) in [6.45, 7) is 4.72. The van der Waals surface area contributed by atoms with E-state index in [1.54, 1.807) is 45.6 Å². The first-order chi connectivity index (χ1) is 21.6. The highest BCUT2D eigenvalue weighted by Gasteiger charge is 2.32. The fourth-order valence-electron chi connectivity index (χ4n) is 4.86. The van der Waals surface area contributed by atoms with Crippen LogP contribution in [0.25, 0.3) is 0 Å². The Bertz CT molecular complexity index is 1390. The van der Waals surface area contributed by atoms with Crippen LogP contribution in [-0.4, -0.2) is 78.6 Å². The molecule has 2 amide bonds. The molecule has 0 unspecified atom stereocenters. The van der Waals surface area contributed by atoms with Gasteiger partial charge < -0.3 is 33.7 Å². The molecule has 12 nitrogen and oxygen atoms in total. The van der Waals surface area contributed by atoms with Crippen molar-refractivity contribution in [1.82, 2.24) is 10.4 Å². The molecule has 1 saturated heterocycles. The van der Waals surface area contributed by atoms with Crippen LogP contribution in [0.3, 0.4) is 0 Å². The number of unbranched alkanes of at least 4 members (excludes halogenated alkanes) is 1. The van der Waals surface area contributed by atoms with Crippen LogP contribution < -0.4 is 29.0 Å². The summed E-state index contributed by atoms with van der Waals surface area (Å²) >= 11 is 0. The standard InChI is InChI=1S/C32H46N2O10S/c1-7-9-15-34(36)32(35)33-14-10-11-17-42-28-20-23(21-29(45(6,37)38)31(28)43-16-8-2)25-13-12-24(44-25)22-18-26(39-3)30(41-5)27(19-22)40-4/h10-11,18-21,24-25,36H,7-9,12-17H2,1-6H3,(H,33,35)/b11-10+/t24-,25-/m1/s1. The van der Waals surface area contributed by atoms with E-state index in [1.807, 2.05) is 26.0 Å². The van der Waals surface area contributed by atoms with Gasteiger partial charge in [-0.25, -0.2) is 18.3 Å². The maximum absolute atomic E-state index is 12.9. The number of sulfone groups is 1. The van der Waals surface area contributed by atoms with Gasteiger partial charge in [-0.15, -0.1) is 0 Å². The van der Waals surface area contributed by atoms with Crippen LogP contribution in [-0.2, 0) is 14.6 Å². The lowest BCUT2D eigenvalue weighted by molar-refractivity contribution is -0.0434. The van der Waals surface area contributed by atoms with Gasteiger partial charge in [-0.2, -0.15) is 0 Å². The molecule has 0 aromatic heterocycles. The molecular weight excluding hydrogens is 604 g/mol. The minimum Gasteiger partial charge on any atom is -0.493 e. The predicted octanol–water partition coefficient (Wildman–Crippen LogP) is 5.63. The van der Waals surface area contributed by atoms with Gasteiger partial charge in [0.1, 0.15) is 11.5 Å². The summed E-state index contributed by atoms with van der Waals surface area (Å²) in [6, 6.07) is 6.47. The van der Waals surface area contributed by atoms with E-state index < -0.39 is 22.0 Å². The number of nitrogens with zero attached hydrogens (tertiary/aromatic N) is 1. The van der Waals surface area contributed by atoms with Crippen LogP contribution in [0.15, 0.2) is 41.3 Å². The number of methoxy groups -OCH3 is 3. The molecule has 1 fully saturated rings. The van der Waals surface area contributed by atoms with Gasteiger partial charge in [0.2, 0.25) is 5.75 Å². The Balaban J connectivity index is 1.82. The van der Waals surface area contributed by atoms with E-state index in [2.05, 4.69) is 5.32 Å². The van der Waals surface area contributed by atoms with Crippen molar-refractivity contribution in [2.45, 2.75) is 63.1 Å². The minimum absolute atomic E-state index is 0.0228. The SMILES string of the molecule is CCCCN(O)C(=O)NC/C=C/COc1cc([C@H]2CC[C@H](c3cc(OC)c(OC)c(OC)c3)O2)cc(S(C)(=O)=O)c1OCCC.